The van der Waals surface area contributed by atoms with E-state index in [-0.39, 0.29) is 10.8 Å². The normalized spacial score (nSPS) is 14.7. The van der Waals surface area contributed by atoms with Crippen LogP contribution in [-0.4, -0.2) is 31.7 Å². The topological polar surface area (TPSA) is 103 Å². The molecule has 0 fully saturated rings. The summed E-state index contributed by atoms with van der Waals surface area (Å²) >= 11 is 0. The molecule has 1 aromatic heterocycles. The number of nitrogens with zero attached hydrogens (tertiary/aromatic N) is 1. The summed E-state index contributed by atoms with van der Waals surface area (Å²) in [5, 5.41) is 7.14. The molecule has 0 radical (unpaired) electrons. The second-order valence-electron chi connectivity index (χ2n) is 6.95. The lowest BCUT2D eigenvalue weighted by atomic mass is 10.1. The quantitative estimate of drug-likeness (QED) is 0.556. The molecule has 1 aliphatic heterocycles. The lowest BCUT2D eigenvalue weighted by molar-refractivity contribution is -0.121. The largest absolute Gasteiger partial charge is 0.361 e. The molecule has 0 saturated carbocycles. The number of amidine groups is 1. The summed E-state index contributed by atoms with van der Waals surface area (Å²) in [6.45, 7) is 0.557. The number of anilines is 1. The highest BCUT2D eigenvalue weighted by molar-refractivity contribution is 7.90. The minimum absolute atomic E-state index is 0.0514. The van der Waals surface area contributed by atoms with E-state index in [2.05, 4.69) is 26.1 Å². The molecule has 2 heterocycles. The molecule has 8 heteroatoms. The van der Waals surface area contributed by atoms with E-state index in [1.54, 1.807) is 18.2 Å². The summed E-state index contributed by atoms with van der Waals surface area (Å²) in [5.41, 5.74) is 2.79. The SMILES string of the molecule is O=C(CCCC1=NS(=O)(=O)c2ccccc2N1)NCCc1c[nH]c2ccccc12. The van der Waals surface area contributed by atoms with E-state index in [1.807, 2.05) is 24.4 Å². The maximum atomic E-state index is 12.2. The molecule has 0 saturated heterocycles. The fourth-order valence-corrected chi connectivity index (χ4v) is 4.63. The van der Waals surface area contributed by atoms with Crippen LogP contribution in [0.15, 0.2) is 64.0 Å². The summed E-state index contributed by atoms with van der Waals surface area (Å²) in [5.74, 6) is 0.319. The zero-order chi connectivity index (χ0) is 20.3. The van der Waals surface area contributed by atoms with Crippen molar-refractivity contribution in [3.8, 4) is 0 Å². The third-order valence-corrected chi connectivity index (χ3v) is 6.26. The van der Waals surface area contributed by atoms with Crippen molar-refractivity contribution in [2.75, 3.05) is 11.9 Å². The van der Waals surface area contributed by atoms with Gasteiger partial charge < -0.3 is 15.6 Å². The molecule has 0 aliphatic carbocycles. The molecule has 3 N–H and O–H groups in total. The molecular weight excluding hydrogens is 388 g/mol. The second kappa shape index (κ2) is 8.08. The summed E-state index contributed by atoms with van der Waals surface area (Å²) in [7, 11) is -3.68. The van der Waals surface area contributed by atoms with Crippen LogP contribution in [0.3, 0.4) is 0 Å². The molecular formula is C21H22N4O3S. The van der Waals surface area contributed by atoms with Crippen LogP contribution in [0.5, 0.6) is 0 Å². The fraction of sp³-hybridized carbons (Fsp3) is 0.238. The number of hydrogen-bond acceptors (Lipinski definition) is 4. The lowest BCUT2D eigenvalue weighted by Gasteiger charge is -2.17. The van der Waals surface area contributed by atoms with Gasteiger partial charge in [0.2, 0.25) is 5.91 Å². The molecule has 0 spiro atoms. The molecule has 1 aliphatic rings. The van der Waals surface area contributed by atoms with Gasteiger partial charge in [-0.3, -0.25) is 4.79 Å². The van der Waals surface area contributed by atoms with Gasteiger partial charge in [-0.1, -0.05) is 30.3 Å². The van der Waals surface area contributed by atoms with Crippen LogP contribution in [0.2, 0.25) is 0 Å². The number of amides is 1. The Balaban J connectivity index is 1.24. The first kappa shape index (κ1) is 19.2. The van der Waals surface area contributed by atoms with Crippen molar-refractivity contribution >= 4 is 38.4 Å². The van der Waals surface area contributed by atoms with Gasteiger partial charge >= 0.3 is 0 Å². The van der Waals surface area contributed by atoms with Crippen LogP contribution < -0.4 is 10.6 Å². The Hall–Kier alpha value is -3.13. The summed E-state index contributed by atoms with van der Waals surface area (Å²) in [6.07, 6.45) is 3.95. The zero-order valence-electron chi connectivity index (χ0n) is 15.8. The van der Waals surface area contributed by atoms with Crippen LogP contribution in [0.25, 0.3) is 10.9 Å². The van der Waals surface area contributed by atoms with Crippen LogP contribution in [0, 0.1) is 0 Å². The van der Waals surface area contributed by atoms with Crippen LogP contribution in [0.4, 0.5) is 5.69 Å². The number of H-pyrrole nitrogens is 1. The van der Waals surface area contributed by atoms with Gasteiger partial charge in [-0.25, -0.2) is 0 Å². The zero-order valence-corrected chi connectivity index (χ0v) is 16.6. The highest BCUT2D eigenvalue weighted by atomic mass is 32.2. The standard InChI is InChI=1S/C21H22N4O3S/c26-21(22-13-12-15-14-23-17-7-2-1-6-16(15)17)11-5-10-20-24-18-8-3-4-9-19(18)29(27,28)25-20/h1-4,6-9,14,23H,5,10-13H2,(H,22,26)(H,24,25). The number of sulfonamides is 1. The molecule has 29 heavy (non-hydrogen) atoms. The number of aromatic amines is 1. The molecule has 1 amide bonds. The number of fused-ring (bicyclic) bond motifs is 2. The summed E-state index contributed by atoms with van der Waals surface area (Å²) in [4.78, 5) is 15.5. The Morgan fingerprint density at radius 3 is 2.72 bits per heavy atom. The molecule has 4 rings (SSSR count). The predicted octanol–water partition coefficient (Wildman–Crippen LogP) is 3.21. The van der Waals surface area contributed by atoms with Crippen LogP contribution in [0.1, 0.15) is 24.8 Å². The average molecular weight is 410 g/mol. The Labute approximate surface area is 169 Å². The van der Waals surface area contributed by atoms with E-state index in [9.17, 15) is 13.2 Å². The summed E-state index contributed by atoms with van der Waals surface area (Å²) in [6, 6.07) is 14.7. The van der Waals surface area contributed by atoms with Gasteiger partial charge in [-0.05, 0) is 36.6 Å². The van der Waals surface area contributed by atoms with Gasteiger partial charge in [0.15, 0.2) is 0 Å². The number of carbonyl (C=O) groups excluding carboxylic acids is 1. The number of hydrogen-bond donors (Lipinski definition) is 3. The number of para-hydroxylation sites is 2. The third-order valence-electron chi connectivity index (χ3n) is 4.88. The second-order valence-corrected chi connectivity index (χ2v) is 8.52. The van der Waals surface area contributed by atoms with Crippen molar-refractivity contribution in [3.05, 3.63) is 60.3 Å². The van der Waals surface area contributed by atoms with Gasteiger partial charge in [0.1, 0.15) is 10.7 Å². The molecule has 3 aromatic rings. The minimum Gasteiger partial charge on any atom is -0.361 e. The van der Waals surface area contributed by atoms with Crippen molar-refractivity contribution in [1.82, 2.24) is 10.3 Å². The van der Waals surface area contributed by atoms with E-state index in [0.717, 1.165) is 11.9 Å². The van der Waals surface area contributed by atoms with E-state index >= 15 is 0 Å². The maximum Gasteiger partial charge on any atom is 0.286 e. The molecule has 0 unspecified atom stereocenters. The van der Waals surface area contributed by atoms with Crippen molar-refractivity contribution < 1.29 is 13.2 Å². The minimum atomic E-state index is -3.68. The third kappa shape index (κ3) is 4.32. The van der Waals surface area contributed by atoms with Gasteiger partial charge in [0, 0.05) is 36.5 Å². The number of benzene rings is 2. The van der Waals surface area contributed by atoms with E-state index in [0.29, 0.717) is 37.3 Å². The Morgan fingerprint density at radius 2 is 1.83 bits per heavy atom. The molecule has 150 valence electrons. The highest BCUT2D eigenvalue weighted by Crippen LogP contribution is 2.27. The highest BCUT2D eigenvalue weighted by Gasteiger charge is 2.23. The average Bonchev–Trinajstić information content (AvgIpc) is 3.11. The van der Waals surface area contributed by atoms with Crippen molar-refractivity contribution in [1.29, 1.82) is 0 Å². The van der Waals surface area contributed by atoms with Crippen LogP contribution >= 0.6 is 0 Å². The summed E-state index contributed by atoms with van der Waals surface area (Å²) < 4.78 is 28.3. The van der Waals surface area contributed by atoms with E-state index < -0.39 is 10.0 Å². The predicted molar refractivity (Wildman–Crippen MR) is 114 cm³/mol. The van der Waals surface area contributed by atoms with Gasteiger partial charge in [-0.15, -0.1) is 4.40 Å². The Bertz CT molecular complexity index is 1180. The molecule has 0 atom stereocenters. The van der Waals surface area contributed by atoms with Crippen molar-refractivity contribution in [3.63, 3.8) is 0 Å². The molecule has 2 aromatic carbocycles. The maximum absolute atomic E-state index is 12.2. The number of rotatable bonds is 7. The molecule has 0 bridgehead atoms. The first-order chi connectivity index (χ1) is 14.0. The fourth-order valence-electron chi connectivity index (χ4n) is 3.46. The number of aromatic nitrogens is 1. The first-order valence-corrected chi connectivity index (χ1v) is 11.0. The Morgan fingerprint density at radius 1 is 1.03 bits per heavy atom. The molecule has 7 nitrogen and oxygen atoms in total. The monoisotopic (exact) mass is 410 g/mol. The number of nitrogens with one attached hydrogen (secondary N) is 3. The van der Waals surface area contributed by atoms with Crippen molar-refractivity contribution in [2.45, 2.75) is 30.6 Å². The lowest BCUT2D eigenvalue weighted by Crippen LogP contribution is -2.26. The van der Waals surface area contributed by atoms with Crippen molar-refractivity contribution in [2.24, 2.45) is 4.40 Å². The van der Waals surface area contributed by atoms with Gasteiger partial charge in [0.25, 0.3) is 10.0 Å². The smallest absolute Gasteiger partial charge is 0.286 e. The van der Waals surface area contributed by atoms with E-state index in [1.165, 1.54) is 17.0 Å². The van der Waals surface area contributed by atoms with Gasteiger partial charge in [0.05, 0.1) is 5.69 Å². The number of carbonyl (C=O) groups is 1. The van der Waals surface area contributed by atoms with Crippen LogP contribution in [-0.2, 0) is 21.2 Å². The first-order valence-electron chi connectivity index (χ1n) is 9.54. The Kier molecular flexibility index (Phi) is 5.35. The van der Waals surface area contributed by atoms with E-state index in [4.69, 9.17) is 0 Å². The van der Waals surface area contributed by atoms with Gasteiger partial charge in [-0.2, -0.15) is 8.42 Å².